The van der Waals surface area contributed by atoms with Crippen LogP contribution in [0.4, 0.5) is 0 Å². The fraction of sp³-hybridized carbons (Fsp3) is 0.200. The summed E-state index contributed by atoms with van der Waals surface area (Å²) >= 11 is 3.02. The molecule has 0 radical (unpaired) electrons. The van der Waals surface area contributed by atoms with Crippen LogP contribution in [0.15, 0.2) is 83.3 Å². The van der Waals surface area contributed by atoms with Gasteiger partial charge < -0.3 is 10.6 Å². The summed E-state index contributed by atoms with van der Waals surface area (Å²) in [6, 6.07) is 23.7. The number of para-hydroxylation sites is 1. The number of aromatic nitrogens is 3. The number of thiophene rings is 1. The van der Waals surface area contributed by atoms with E-state index in [0.29, 0.717) is 18.1 Å². The molecule has 0 bridgehead atoms. The van der Waals surface area contributed by atoms with Crippen LogP contribution in [0.1, 0.15) is 22.7 Å². The number of carbonyl (C=O) groups is 2. The molecule has 4 aromatic rings. The fourth-order valence-corrected chi connectivity index (χ4v) is 5.05. The SMILES string of the molecule is NC(=O)CCN(Cc1ccccc1)C(=O)CSc1nnc(Cc2cccs2)n1-c1ccccc1. The van der Waals surface area contributed by atoms with Gasteiger partial charge in [-0.3, -0.25) is 14.2 Å². The number of hydrogen-bond acceptors (Lipinski definition) is 6. The molecule has 2 N–H and O–H groups in total. The molecule has 2 heterocycles. The zero-order valence-electron chi connectivity index (χ0n) is 18.5. The van der Waals surface area contributed by atoms with Crippen molar-refractivity contribution >= 4 is 34.9 Å². The number of amides is 2. The summed E-state index contributed by atoms with van der Waals surface area (Å²) in [6.45, 7) is 0.696. The topological polar surface area (TPSA) is 94.1 Å². The van der Waals surface area contributed by atoms with Crippen LogP contribution in [-0.2, 0) is 22.6 Å². The Morgan fingerprint density at radius 3 is 2.38 bits per heavy atom. The number of carbonyl (C=O) groups excluding carboxylic acids is 2. The van der Waals surface area contributed by atoms with Gasteiger partial charge in [-0.2, -0.15) is 0 Å². The van der Waals surface area contributed by atoms with Crippen molar-refractivity contribution in [1.29, 1.82) is 0 Å². The normalized spacial score (nSPS) is 10.8. The quantitative estimate of drug-likeness (QED) is 0.321. The molecule has 2 amide bonds. The molecular weight excluding hydrogens is 466 g/mol. The second-order valence-corrected chi connectivity index (χ2v) is 9.61. The Bertz CT molecular complexity index is 1210. The van der Waals surface area contributed by atoms with Crippen LogP contribution < -0.4 is 5.73 Å². The number of hydrogen-bond donors (Lipinski definition) is 1. The predicted molar refractivity (Wildman–Crippen MR) is 135 cm³/mol. The Hall–Kier alpha value is -3.43. The second-order valence-electron chi connectivity index (χ2n) is 7.63. The van der Waals surface area contributed by atoms with Gasteiger partial charge in [0, 0.05) is 36.5 Å². The van der Waals surface area contributed by atoms with Crippen molar-refractivity contribution in [1.82, 2.24) is 19.7 Å². The summed E-state index contributed by atoms with van der Waals surface area (Å²) < 4.78 is 2.00. The van der Waals surface area contributed by atoms with Crippen molar-refractivity contribution < 1.29 is 9.59 Å². The molecule has 7 nitrogen and oxygen atoms in total. The fourth-order valence-electron chi connectivity index (χ4n) is 3.47. The zero-order chi connectivity index (χ0) is 23.8. The Labute approximate surface area is 206 Å². The third kappa shape index (κ3) is 6.33. The van der Waals surface area contributed by atoms with E-state index >= 15 is 0 Å². The highest BCUT2D eigenvalue weighted by molar-refractivity contribution is 7.99. The van der Waals surface area contributed by atoms with Gasteiger partial charge in [0.25, 0.3) is 0 Å². The Morgan fingerprint density at radius 1 is 0.971 bits per heavy atom. The van der Waals surface area contributed by atoms with Crippen molar-refractivity contribution in [3.63, 3.8) is 0 Å². The minimum Gasteiger partial charge on any atom is -0.370 e. The van der Waals surface area contributed by atoms with Crippen molar-refractivity contribution in [3.05, 3.63) is 94.4 Å². The smallest absolute Gasteiger partial charge is 0.233 e. The lowest BCUT2D eigenvalue weighted by Gasteiger charge is -2.22. The highest BCUT2D eigenvalue weighted by atomic mass is 32.2. The third-order valence-corrected chi connectivity index (χ3v) is 6.94. The monoisotopic (exact) mass is 491 g/mol. The molecule has 0 saturated carbocycles. The average molecular weight is 492 g/mol. The van der Waals surface area contributed by atoms with Gasteiger partial charge in [-0.05, 0) is 29.1 Å². The van der Waals surface area contributed by atoms with Crippen LogP contribution in [0.2, 0.25) is 0 Å². The summed E-state index contributed by atoms with van der Waals surface area (Å²) in [6.07, 6.45) is 0.779. The minimum atomic E-state index is -0.430. The van der Waals surface area contributed by atoms with E-state index in [4.69, 9.17) is 5.73 Å². The first kappa shape index (κ1) is 23.7. The van der Waals surface area contributed by atoms with Gasteiger partial charge in [0.1, 0.15) is 5.82 Å². The Morgan fingerprint density at radius 2 is 1.71 bits per heavy atom. The summed E-state index contributed by atoms with van der Waals surface area (Å²) in [4.78, 5) is 27.4. The summed E-state index contributed by atoms with van der Waals surface area (Å²) in [5, 5.41) is 11.5. The van der Waals surface area contributed by atoms with Crippen LogP contribution in [0, 0.1) is 0 Å². The van der Waals surface area contributed by atoms with E-state index in [1.165, 1.54) is 16.6 Å². The van der Waals surface area contributed by atoms with Gasteiger partial charge in [-0.25, -0.2) is 0 Å². The van der Waals surface area contributed by atoms with Gasteiger partial charge >= 0.3 is 0 Å². The van der Waals surface area contributed by atoms with Gasteiger partial charge in [0.15, 0.2) is 5.16 Å². The molecule has 174 valence electrons. The number of thioether (sulfide) groups is 1. The lowest BCUT2D eigenvalue weighted by Crippen LogP contribution is -2.34. The van der Waals surface area contributed by atoms with E-state index < -0.39 is 5.91 Å². The van der Waals surface area contributed by atoms with Crippen molar-refractivity contribution in [3.8, 4) is 5.69 Å². The van der Waals surface area contributed by atoms with Crippen LogP contribution in [0.3, 0.4) is 0 Å². The minimum absolute atomic E-state index is 0.0856. The lowest BCUT2D eigenvalue weighted by molar-refractivity contribution is -0.129. The first-order chi connectivity index (χ1) is 16.6. The number of benzene rings is 2. The highest BCUT2D eigenvalue weighted by Gasteiger charge is 2.20. The maximum absolute atomic E-state index is 13.1. The van der Waals surface area contributed by atoms with E-state index in [-0.39, 0.29) is 24.6 Å². The molecule has 4 rings (SSSR count). The van der Waals surface area contributed by atoms with Crippen molar-refractivity contribution in [2.45, 2.75) is 24.5 Å². The first-order valence-electron chi connectivity index (χ1n) is 10.8. The van der Waals surface area contributed by atoms with E-state index in [1.807, 2.05) is 76.7 Å². The zero-order valence-corrected chi connectivity index (χ0v) is 20.2. The molecule has 0 saturated heterocycles. The van der Waals surface area contributed by atoms with Crippen LogP contribution in [0.25, 0.3) is 5.69 Å². The standard InChI is InChI=1S/C25H25N5O2S2/c26-22(31)13-14-29(17-19-8-3-1-4-9-19)24(32)18-34-25-28-27-23(16-21-12-7-15-33-21)30(25)20-10-5-2-6-11-20/h1-12,15H,13-14,16-18H2,(H2,26,31). The highest BCUT2D eigenvalue weighted by Crippen LogP contribution is 2.25. The van der Waals surface area contributed by atoms with Gasteiger partial charge in [-0.1, -0.05) is 66.4 Å². The lowest BCUT2D eigenvalue weighted by atomic mass is 10.2. The van der Waals surface area contributed by atoms with Gasteiger partial charge in [-0.15, -0.1) is 21.5 Å². The third-order valence-electron chi connectivity index (χ3n) is 5.15. The summed E-state index contributed by atoms with van der Waals surface area (Å²) in [5.41, 5.74) is 7.28. The van der Waals surface area contributed by atoms with Gasteiger partial charge in [0.05, 0.1) is 5.75 Å². The Kier molecular flexibility index (Phi) is 8.11. The number of primary amides is 1. The molecule has 2 aromatic heterocycles. The molecule has 0 spiro atoms. The molecule has 0 aliphatic carbocycles. The molecule has 0 aliphatic rings. The average Bonchev–Trinajstić information content (AvgIpc) is 3.51. The molecule has 34 heavy (non-hydrogen) atoms. The number of rotatable bonds is 11. The van der Waals surface area contributed by atoms with E-state index in [1.54, 1.807) is 16.2 Å². The molecule has 0 unspecified atom stereocenters. The summed E-state index contributed by atoms with van der Waals surface area (Å²) in [7, 11) is 0. The predicted octanol–water partition coefficient (Wildman–Crippen LogP) is 3.92. The van der Waals surface area contributed by atoms with Crippen molar-refractivity contribution in [2.24, 2.45) is 5.73 Å². The largest absolute Gasteiger partial charge is 0.370 e. The molecule has 0 aliphatic heterocycles. The van der Waals surface area contributed by atoms with Crippen LogP contribution in [0.5, 0.6) is 0 Å². The van der Waals surface area contributed by atoms with Crippen LogP contribution in [-0.4, -0.2) is 43.8 Å². The molecule has 0 atom stereocenters. The Balaban J connectivity index is 1.52. The van der Waals surface area contributed by atoms with E-state index in [9.17, 15) is 9.59 Å². The maximum atomic E-state index is 13.1. The molecule has 0 fully saturated rings. The molecular formula is C25H25N5O2S2. The van der Waals surface area contributed by atoms with E-state index in [2.05, 4.69) is 16.3 Å². The van der Waals surface area contributed by atoms with Crippen molar-refractivity contribution in [2.75, 3.05) is 12.3 Å². The van der Waals surface area contributed by atoms with E-state index in [0.717, 1.165) is 17.1 Å². The maximum Gasteiger partial charge on any atom is 0.233 e. The molecule has 9 heteroatoms. The second kappa shape index (κ2) is 11.6. The van der Waals surface area contributed by atoms with Crippen LogP contribution >= 0.6 is 23.1 Å². The first-order valence-corrected chi connectivity index (χ1v) is 12.7. The number of nitrogens with two attached hydrogens (primary N) is 1. The van der Waals surface area contributed by atoms with Gasteiger partial charge in [0.2, 0.25) is 11.8 Å². The number of nitrogens with zero attached hydrogens (tertiary/aromatic N) is 4. The molecule has 2 aromatic carbocycles. The summed E-state index contributed by atoms with van der Waals surface area (Å²) in [5.74, 6) is 0.479.